The second kappa shape index (κ2) is 4.99. The first-order valence-corrected chi connectivity index (χ1v) is 7.16. The van der Waals surface area contributed by atoms with Gasteiger partial charge in [-0.1, -0.05) is 18.2 Å². The Bertz CT molecular complexity index is 803. The molecule has 1 aliphatic rings. The van der Waals surface area contributed by atoms with E-state index in [1.54, 1.807) is 6.33 Å². The quantitative estimate of drug-likeness (QED) is 0.774. The molecule has 0 spiro atoms. The monoisotopic (exact) mass is 297 g/mol. The molecule has 1 atom stereocenters. The van der Waals surface area contributed by atoms with E-state index >= 15 is 0 Å². The Morgan fingerprint density at radius 2 is 2.32 bits per heavy atom. The van der Waals surface area contributed by atoms with Gasteiger partial charge in [-0.3, -0.25) is 9.69 Å². The van der Waals surface area contributed by atoms with Crippen LogP contribution in [0.4, 0.5) is 0 Å². The van der Waals surface area contributed by atoms with Gasteiger partial charge in [-0.25, -0.2) is 4.98 Å². The highest BCUT2D eigenvalue weighted by molar-refractivity contribution is 5.77. The Morgan fingerprint density at radius 3 is 3.14 bits per heavy atom. The van der Waals surface area contributed by atoms with E-state index in [1.807, 2.05) is 35.2 Å². The summed E-state index contributed by atoms with van der Waals surface area (Å²) in [6, 6.07) is 9.17. The fourth-order valence-electron chi connectivity index (χ4n) is 3.01. The molecule has 6 nitrogen and oxygen atoms in total. The normalized spacial score (nSPS) is 18.5. The van der Waals surface area contributed by atoms with Gasteiger partial charge in [-0.2, -0.15) is 0 Å². The van der Waals surface area contributed by atoms with E-state index in [0.29, 0.717) is 19.5 Å². The minimum absolute atomic E-state index is 0.411. The highest BCUT2D eigenvalue weighted by atomic mass is 16.4. The molecule has 2 N–H and O–H groups in total. The average molecular weight is 297 g/mol. The maximum atomic E-state index is 11.5. The van der Waals surface area contributed by atoms with Gasteiger partial charge in [-0.05, 0) is 12.1 Å². The summed E-state index contributed by atoms with van der Waals surface area (Å²) < 4.78 is 5.81. The van der Waals surface area contributed by atoms with Crippen molar-refractivity contribution in [2.24, 2.45) is 0 Å². The molecule has 2 aromatic heterocycles. The smallest absolute Gasteiger partial charge is 0.321 e. The van der Waals surface area contributed by atoms with Crippen LogP contribution in [0.15, 0.2) is 41.1 Å². The molecule has 0 saturated heterocycles. The lowest BCUT2D eigenvalue weighted by molar-refractivity contribution is -0.144. The zero-order valence-electron chi connectivity index (χ0n) is 11.8. The van der Waals surface area contributed by atoms with Gasteiger partial charge in [0.15, 0.2) is 0 Å². The van der Waals surface area contributed by atoms with E-state index in [9.17, 15) is 9.90 Å². The van der Waals surface area contributed by atoms with Crippen LogP contribution in [0, 0.1) is 0 Å². The third-order valence-electron chi connectivity index (χ3n) is 4.12. The molecule has 0 bridgehead atoms. The second-order valence-electron chi connectivity index (χ2n) is 5.54. The number of aromatic nitrogens is 2. The zero-order chi connectivity index (χ0) is 15.1. The fraction of sp³-hybridized carbons (Fsp3) is 0.250. The fourth-order valence-corrected chi connectivity index (χ4v) is 3.01. The Morgan fingerprint density at radius 1 is 1.45 bits per heavy atom. The zero-order valence-corrected chi connectivity index (χ0v) is 11.8. The highest BCUT2D eigenvalue weighted by Crippen LogP contribution is 2.25. The van der Waals surface area contributed by atoms with Crippen molar-refractivity contribution in [3.8, 4) is 0 Å². The predicted molar refractivity (Wildman–Crippen MR) is 79.2 cm³/mol. The molecular weight excluding hydrogens is 282 g/mol. The number of nitrogens with zero attached hydrogens (tertiary/aromatic N) is 2. The molecule has 4 rings (SSSR count). The predicted octanol–water partition coefficient (Wildman–Crippen LogP) is 2.17. The minimum atomic E-state index is -0.829. The van der Waals surface area contributed by atoms with Crippen LogP contribution in [0.3, 0.4) is 0 Å². The van der Waals surface area contributed by atoms with Crippen LogP contribution in [0.25, 0.3) is 11.0 Å². The molecule has 1 aromatic carbocycles. The minimum Gasteiger partial charge on any atom is -0.480 e. The number of para-hydroxylation sites is 1. The maximum absolute atomic E-state index is 11.5. The number of hydrogen-bond donors (Lipinski definition) is 2. The number of imidazole rings is 1. The van der Waals surface area contributed by atoms with E-state index in [-0.39, 0.29) is 0 Å². The summed E-state index contributed by atoms with van der Waals surface area (Å²) in [6.45, 7) is 0.994. The van der Waals surface area contributed by atoms with Gasteiger partial charge in [0.2, 0.25) is 0 Å². The van der Waals surface area contributed by atoms with E-state index in [1.165, 1.54) is 0 Å². The number of hydrogen-bond acceptors (Lipinski definition) is 4. The van der Waals surface area contributed by atoms with Gasteiger partial charge >= 0.3 is 5.97 Å². The molecule has 1 aliphatic heterocycles. The number of nitrogens with one attached hydrogen (secondary N) is 1. The molecule has 1 unspecified atom stereocenters. The summed E-state index contributed by atoms with van der Waals surface area (Å²) in [7, 11) is 0. The number of aromatic amines is 1. The van der Waals surface area contributed by atoms with Gasteiger partial charge in [0.05, 0.1) is 24.3 Å². The van der Waals surface area contributed by atoms with Gasteiger partial charge < -0.3 is 14.5 Å². The Balaban J connectivity index is 1.64. The van der Waals surface area contributed by atoms with Crippen LogP contribution in [-0.2, 0) is 24.3 Å². The molecule has 0 radical (unpaired) electrons. The van der Waals surface area contributed by atoms with Crippen molar-refractivity contribution in [3.05, 3.63) is 53.8 Å². The molecule has 0 amide bonds. The first-order chi connectivity index (χ1) is 10.7. The largest absolute Gasteiger partial charge is 0.480 e. The van der Waals surface area contributed by atoms with Crippen LogP contribution in [0.2, 0.25) is 0 Å². The third kappa shape index (κ3) is 2.17. The highest BCUT2D eigenvalue weighted by Gasteiger charge is 2.33. The van der Waals surface area contributed by atoms with Crippen LogP contribution >= 0.6 is 0 Å². The molecule has 22 heavy (non-hydrogen) atoms. The number of fused-ring (bicyclic) bond motifs is 2. The molecule has 3 aromatic rings. The Hall–Kier alpha value is -2.60. The molecule has 6 heteroatoms. The van der Waals surface area contributed by atoms with Crippen molar-refractivity contribution in [1.29, 1.82) is 0 Å². The topological polar surface area (TPSA) is 82.4 Å². The number of carboxylic acids is 1. The average Bonchev–Trinajstić information content (AvgIpc) is 3.11. The van der Waals surface area contributed by atoms with E-state index < -0.39 is 12.0 Å². The summed E-state index contributed by atoms with van der Waals surface area (Å²) in [6.07, 6.45) is 2.03. The van der Waals surface area contributed by atoms with Crippen LogP contribution in [-0.4, -0.2) is 32.0 Å². The summed E-state index contributed by atoms with van der Waals surface area (Å²) in [5, 5.41) is 10.5. The summed E-state index contributed by atoms with van der Waals surface area (Å²) in [5.74, 6) is -0.0554. The van der Waals surface area contributed by atoms with Gasteiger partial charge in [0.25, 0.3) is 0 Å². The van der Waals surface area contributed by atoms with Crippen LogP contribution in [0.1, 0.15) is 17.1 Å². The lowest BCUT2D eigenvalue weighted by Crippen LogP contribution is -2.45. The number of aliphatic carboxylic acids is 1. The summed E-state index contributed by atoms with van der Waals surface area (Å²) >= 11 is 0. The third-order valence-corrected chi connectivity index (χ3v) is 4.12. The van der Waals surface area contributed by atoms with Crippen molar-refractivity contribution >= 4 is 16.9 Å². The molecule has 0 aliphatic carbocycles. The van der Waals surface area contributed by atoms with Gasteiger partial charge in [0.1, 0.15) is 17.4 Å². The standard InChI is InChI=1S/C16H15N3O3/c20-16(21)14-6-12-13(18-9-17-12)8-19(14)7-11-5-10-3-1-2-4-15(10)22-11/h1-5,9,14H,6-8H2,(H,17,18)(H,20,21). The molecule has 0 saturated carbocycles. The van der Waals surface area contributed by atoms with Crippen LogP contribution in [0.5, 0.6) is 0 Å². The van der Waals surface area contributed by atoms with E-state index in [4.69, 9.17) is 4.42 Å². The summed E-state index contributed by atoms with van der Waals surface area (Å²) in [5.41, 5.74) is 2.64. The molecular formula is C16H15N3O3. The second-order valence-corrected chi connectivity index (χ2v) is 5.54. The number of H-pyrrole nitrogens is 1. The number of benzene rings is 1. The van der Waals surface area contributed by atoms with Crippen molar-refractivity contribution in [3.63, 3.8) is 0 Å². The number of rotatable bonds is 3. The lowest BCUT2D eigenvalue weighted by atomic mass is 10.0. The summed E-state index contributed by atoms with van der Waals surface area (Å²) in [4.78, 5) is 20.7. The number of furan rings is 1. The van der Waals surface area contributed by atoms with Gasteiger partial charge in [-0.15, -0.1) is 0 Å². The first-order valence-electron chi connectivity index (χ1n) is 7.16. The molecule has 3 heterocycles. The SMILES string of the molecule is O=C(O)C1Cc2nc[nH]c2CN1Cc1cc2ccccc2o1. The number of carbonyl (C=O) groups is 1. The van der Waals surface area contributed by atoms with Gasteiger partial charge in [0, 0.05) is 18.4 Å². The van der Waals surface area contributed by atoms with Crippen molar-refractivity contribution in [2.45, 2.75) is 25.6 Å². The Labute approximate surface area is 126 Å². The molecule has 112 valence electrons. The molecule has 0 fully saturated rings. The first kappa shape index (κ1) is 13.1. The van der Waals surface area contributed by atoms with Crippen molar-refractivity contribution in [1.82, 2.24) is 14.9 Å². The Kier molecular flexibility index (Phi) is 2.97. The lowest BCUT2D eigenvalue weighted by Gasteiger charge is -2.31. The maximum Gasteiger partial charge on any atom is 0.321 e. The van der Waals surface area contributed by atoms with E-state index in [0.717, 1.165) is 28.1 Å². The van der Waals surface area contributed by atoms with Crippen LogP contribution < -0.4 is 0 Å². The van der Waals surface area contributed by atoms with Crippen molar-refractivity contribution < 1.29 is 14.3 Å². The van der Waals surface area contributed by atoms with E-state index in [2.05, 4.69) is 9.97 Å². The number of carboxylic acid groups (broad SMARTS) is 1. The van der Waals surface area contributed by atoms with Crippen molar-refractivity contribution in [2.75, 3.05) is 0 Å².